The van der Waals surface area contributed by atoms with E-state index in [0.29, 0.717) is 12.1 Å². The molecule has 124 valence electrons. The van der Waals surface area contributed by atoms with Crippen molar-refractivity contribution in [1.82, 2.24) is 15.1 Å². The number of ether oxygens (including phenoxy) is 1. The van der Waals surface area contributed by atoms with E-state index in [4.69, 9.17) is 0 Å². The minimum atomic E-state index is -4.38. The van der Waals surface area contributed by atoms with Crippen LogP contribution in [0.1, 0.15) is 12.0 Å². The van der Waals surface area contributed by atoms with Crippen LogP contribution < -0.4 is 10.1 Å². The number of aryl methyl sites for hydroxylation is 1. The number of benzene rings is 1. The monoisotopic (exact) mass is 327 g/mol. The maximum atomic E-state index is 12.1. The second kappa shape index (κ2) is 7.66. The number of aromatic nitrogens is 2. The Balaban J connectivity index is 1.77. The van der Waals surface area contributed by atoms with E-state index in [9.17, 15) is 18.0 Å². The molecule has 0 saturated carbocycles. The van der Waals surface area contributed by atoms with Crippen LogP contribution in [0.3, 0.4) is 0 Å². The average molecular weight is 327 g/mol. The van der Waals surface area contributed by atoms with Crippen molar-refractivity contribution < 1.29 is 22.7 Å². The van der Waals surface area contributed by atoms with Crippen LogP contribution in [0, 0.1) is 0 Å². The highest BCUT2D eigenvalue weighted by Crippen LogP contribution is 2.19. The van der Waals surface area contributed by atoms with E-state index in [2.05, 4.69) is 15.2 Å². The molecule has 0 radical (unpaired) electrons. The van der Waals surface area contributed by atoms with Gasteiger partial charge in [0, 0.05) is 31.9 Å². The van der Waals surface area contributed by atoms with Gasteiger partial charge in [0.05, 0.1) is 0 Å². The van der Waals surface area contributed by atoms with Gasteiger partial charge in [0.2, 0.25) is 5.91 Å². The van der Waals surface area contributed by atoms with Crippen molar-refractivity contribution in [2.24, 2.45) is 0 Å². The summed E-state index contributed by atoms with van der Waals surface area (Å²) < 4.78 is 42.6. The van der Waals surface area contributed by atoms with E-state index in [1.54, 1.807) is 35.3 Å². The zero-order chi connectivity index (χ0) is 16.7. The standard InChI is InChI=1S/C15H16F3N3O2/c16-15(17,18)11-23-13-4-1-3-12(9-13)10-19-14(22)5-8-21-7-2-6-20-21/h1-4,6-7,9H,5,8,10-11H2,(H,19,22). The molecule has 1 amide bonds. The van der Waals surface area contributed by atoms with Crippen LogP contribution in [0.15, 0.2) is 42.7 Å². The highest BCUT2D eigenvalue weighted by molar-refractivity contribution is 5.75. The van der Waals surface area contributed by atoms with Gasteiger partial charge < -0.3 is 10.1 Å². The summed E-state index contributed by atoms with van der Waals surface area (Å²) in [5.74, 6) is -0.0484. The lowest BCUT2D eigenvalue weighted by Crippen LogP contribution is -2.24. The molecule has 0 aliphatic heterocycles. The van der Waals surface area contributed by atoms with E-state index >= 15 is 0 Å². The smallest absolute Gasteiger partial charge is 0.422 e. The molecule has 2 aromatic rings. The Bertz CT molecular complexity index is 627. The third-order valence-corrected chi connectivity index (χ3v) is 2.92. The van der Waals surface area contributed by atoms with Crippen LogP contribution in [0.4, 0.5) is 13.2 Å². The van der Waals surface area contributed by atoms with Gasteiger partial charge in [-0.05, 0) is 23.8 Å². The van der Waals surface area contributed by atoms with Crippen LogP contribution in [-0.4, -0.2) is 28.5 Å². The molecule has 0 fully saturated rings. The van der Waals surface area contributed by atoms with Gasteiger partial charge in [-0.2, -0.15) is 18.3 Å². The lowest BCUT2D eigenvalue weighted by Gasteiger charge is -2.11. The molecule has 5 nitrogen and oxygen atoms in total. The summed E-state index contributed by atoms with van der Waals surface area (Å²) in [5.41, 5.74) is 0.664. The fourth-order valence-corrected chi connectivity index (χ4v) is 1.85. The second-order valence-electron chi connectivity index (χ2n) is 4.85. The number of hydrogen-bond acceptors (Lipinski definition) is 3. The van der Waals surface area contributed by atoms with Crippen molar-refractivity contribution in [3.8, 4) is 5.75 Å². The van der Waals surface area contributed by atoms with Crippen LogP contribution in [-0.2, 0) is 17.9 Å². The summed E-state index contributed by atoms with van der Waals surface area (Å²) in [6.45, 7) is -0.651. The molecule has 8 heteroatoms. The molecule has 23 heavy (non-hydrogen) atoms. The lowest BCUT2D eigenvalue weighted by molar-refractivity contribution is -0.153. The molecule has 1 aromatic heterocycles. The van der Waals surface area contributed by atoms with Gasteiger partial charge in [-0.3, -0.25) is 9.48 Å². The first-order chi connectivity index (χ1) is 10.9. The Hall–Kier alpha value is -2.51. The van der Waals surface area contributed by atoms with Crippen LogP contribution >= 0.6 is 0 Å². The molecule has 1 N–H and O–H groups in total. The minimum Gasteiger partial charge on any atom is -0.484 e. The van der Waals surface area contributed by atoms with Gasteiger partial charge in [0.25, 0.3) is 0 Å². The molecule has 1 heterocycles. The Labute approximate surface area is 131 Å². The SMILES string of the molecule is O=C(CCn1cccn1)NCc1cccc(OCC(F)(F)F)c1. The first kappa shape index (κ1) is 16.9. The Morgan fingerprint density at radius 3 is 2.83 bits per heavy atom. The third kappa shape index (κ3) is 6.41. The Morgan fingerprint density at radius 1 is 1.30 bits per heavy atom. The fraction of sp³-hybridized carbons (Fsp3) is 0.333. The number of carbonyl (C=O) groups excluding carboxylic acids is 1. The fourth-order valence-electron chi connectivity index (χ4n) is 1.85. The molecule has 0 bridgehead atoms. The number of nitrogens with zero attached hydrogens (tertiary/aromatic N) is 2. The van der Waals surface area contributed by atoms with Gasteiger partial charge >= 0.3 is 6.18 Å². The van der Waals surface area contributed by atoms with Crippen LogP contribution in [0.2, 0.25) is 0 Å². The molecule has 0 aliphatic rings. The predicted octanol–water partition coefficient (Wildman–Crippen LogP) is 2.53. The van der Waals surface area contributed by atoms with Gasteiger partial charge in [-0.25, -0.2) is 0 Å². The van der Waals surface area contributed by atoms with Crippen molar-refractivity contribution in [3.63, 3.8) is 0 Å². The van der Waals surface area contributed by atoms with E-state index in [1.807, 2.05) is 0 Å². The van der Waals surface area contributed by atoms with Gasteiger partial charge in [0.15, 0.2) is 6.61 Å². The van der Waals surface area contributed by atoms with Gasteiger partial charge in [-0.15, -0.1) is 0 Å². The molecule has 0 saturated heterocycles. The first-order valence-electron chi connectivity index (χ1n) is 6.95. The van der Waals surface area contributed by atoms with Crippen molar-refractivity contribution in [2.45, 2.75) is 25.7 Å². The molecular formula is C15H16F3N3O2. The summed E-state index contributed by atoms with van der Waals surface area (Å²) in [5, 5.41) is 6.69. The Morgan fingerprint density at radius 2 is 2.13 bits per heavy atom. The number of hydrogen-bond donors (Lipinski definition) is 1. The molecule has 0 unspecified atom stereocenters. The zero-order valence-corrected chi connectivity index (χ0v) is 12.2. The van der Waals surface area contributed by atoms with Crippen molar-refractivity contribution in [3.05, 3.63) is 48.3 Å². The minimum absolute atomic E-state index is 0.116. The lowest BCUT2D eigenvalue weighted by atomic mass is 10.2. The normalized spacial score (nSPS) is 11.3. The molecule has 0 spiro atoms. The predicted molar refractivity (Wildman–Crippen MR) is 76.7 cm³/mol. The Kier molecular flexibility index (Phi) is 5.61. The number of nitrogens with one attached hydrogen (secondary N) is 1. The van der Waals surface area contributed by atoms with Crippen molar-refractivity contribution >= 4 is 5.91 Å². The summed E-state index contributed by atoms with van der Waals surface area (Å²) in [7, 11) is 0. The van der Waals surface area contributed by atoms with E-state index in [0.717, 1.165) is 0 Å². The highest BCUT2D eigenvalue weighted by atomic mass is 19.4. The topological polar surface area (TPSA) is 56.2 Å². The second-order valence-corrected chi connectivity index (χ2v) is 4.85. The van der Waals surface area contributed by atoms with Gasteiger partial charge in [-0.1, -0.05) is 12.1 Å². The zero-order valence-electron chi connectivity index (χ0n) is 12.2. The summed E-state index contributed by atoms with van der Waals surface area (Å²) in [6.07, 6.45) is -0.720. The van der Waals surface area contributed by atoms with Crippen LogP contribution in [0.5, 0.6) is 5.75 Å². The first-order valence-corrected chi connectivity index (χ1v) is 6.95. The molecule has 1 aromatic carbocycles. The molecule has 0 aliphatic carbocycles. The maximum Gasteiger partial charge on any atom is 0.422 e. The number of rotatable bonds is 7. The summed E-state index contributed by atoms with van der Waals surface area (Å²) >= 11 is 0. The maximum absolute atomic E-state index is 12.1. The van der Waals surface area contributed by atoms with Crippen LogP contribution in [0.25, 0.3) is 0 Å². The number of alkyl halides is 3. The van der Waals surface area contributed by atoms with Crippen molar-refractivity contribution in [1.29, 1.82) is 0 Å². The average Bonchev–Trinajstić information content (AvgIpc) is 3.02. The van der Waals surface area contributed by atoms with E-state index < -0.39 is 12.8 Å². The van der Waals surface area contributed by atoms with E-state index in [-0.39, 0.29) is 24.6 Å². The molecule has 0 atom stereocenters. The number of carbonyl (C=O) groups is 1. The molecule has 2 rings (SSSR count). The third-order valence-electron chi connectivity index (χ3n) is 2.92. The van der Waals surface area contributed by atoms with E-state index in [1.165, 1.54) is 12.1 Å². The van der Waals surface area contributed by atoms with Gasteiger partial charge in [0.1, 0.15) is 5.75 Å². The highest BCUT2D eigenvalue weighted by Gasteiger charge is 2.28. The largest absolute Gasteiger partial charge is 0.484 e. The molecular weight excluding hydrogens is 311 g/mol. The number of amides is 1. The number of halogens is 3. The summed E-state index contributed by atoms with van der Waals surface area (Å²) in [4.78, 5) is 11.7. The van der Waals surface area contributed by atoms with Crippen molar-refractivity contribution in [2.75, 3.05) is 6.61 Å². The quantitative estimate of drug-likeness (QED) is 0.850. The summed E-state index contributed by atoms with van der Waals surface area (Å²) in [6, 6.07) is 7.96.